The van der Waals surface area contributed by atoms with E-state index in [4.69, 9.17) is 14.6 Å². The van der Waals surface area contributed by atoms with Gasteiger partial charge in [-0.05, 0) is 53.8 Å². The number of carbonyl (C=O) groups is 1. The Bertz CT molecular complexity index is 1110. The van der Waals surface area contributed by atoms with Gasteiger partial charge in [0, 0.05) is 18.5 Å². The summed E-state index contributed by atoms with van der Waals surface area (Å²) >= 11 is 0. The van der Waals surface area contributed by atoms with E-state index in [1.807, 2.05) is 12.1 Å². The minimum absolute atomic E-state index is 0.0110. The SMILES string of the molecule is COc1cc(C2Nc3ccc(S(N)(=O)=O)cc3C3C=CCC32)ccc1OC(C)=O. The lowest BCUT2D eigenvalue weighted by Crippen LogP contribution is -2.29. The summed E-state index contributed by atoms with van der Waals surface area (Å²) < 4.78 is 34.1. The average molecular weight is 414 g/mol. The van der Waals surface area contributed by atoms with E-state index < -0.39 is 16.0 Å². The molecule has 2 aliphatic rings. The summed E-state index contributed by atoms with van der Waals surface area (Å²) in [5.74, 6) is 0.738. The van der Waals surface area contributed by atoms with E-state index in [1.54, 1.807) is 18.2 Å². The Hall–Kier alpha value is -2.84. The largest absolute Gasteiger partial charge is 0.493 e. The number of nitrogens with one attached hydrogen (secondary N) is 1. The topological polar surface area (TPSA) is 108 Å². The molecule has 3 atom stereocenters. The van der Waals surface area contributed by atoms with E-state index in [0.29, 0.717) is 11.5 Å². The zero-order chi connectivity index (χ0) is 20.8. The van der Waals surface area contributed by atoms with Gasteiger partial charge in [-0.15, -0.1) is 0 Å². The third kappa shape index (κ3) is 3.61. The van der Waals surface area contributed by atoms with E-state index in [0.717, 1.165) is 23.2 Å². The van der Waals surface area contributed by atoms with Gasteiger partial charge in [0.05, 0.1) is 18.0 Å². The van der Waals surface area contributed by atoms with Gasteiger partial charge in [0.25, 0.3) is 0 Å². The number of primary sulfonamides is 1. The first kappa shape index (κ1) is 19.5. The molecule has 0 saturated carbocycles. The minimum atomic E-state index is -3.76. The van der Waals surface area contributed by atoms with Crippen LogP contribution >= 0.6 is 0 Å². The molecule has 0 amide bonds. The summed E-state index contributed by atoms with van der Waals surface area (Å²) in [5.41, 5.74) is 2.80. The number of sulfonamides is 1. The lowest BCUT2D eigenvalue weighted by atomic mass is 9.77. The Morgan fingerprint density at radius 2 is 1.97 bits per heavy atom. The number of benzene rings is 2. The molecule has 3 unspecified atom stereocenters. The third-order valence-corrected chi connectivity index (χ3v) is 6.37. The molecule has 152 valence electrons. The standard InChI is InChI=1S/C21H22N2O5S/c1-12(24)28-19-9-6-13(10-20(19)27-2)21-16-5-3-4-15(16)17-11-14(29(22,25)26)7-8-18(17)23-21/h3-4,6-11,15-16,21,23H,5H2,1-2H3,(H2,22,25,26). The molecule has 0 fully saturated rings. The summed E-state index contributed by atoms with van der Waals surface area (Å²) in [5, 5.41) is 8.85. The van der Waals surface area contributed by atoms with Gasteiger partial charge < -0.3 is 14.8 Å². The predicted octanol–water partition coefficient (Wildman–Crippen LogP) is 3.09. The molecule has 1 aliphatic carbocycles. The number of carbonyl (C=O) groups excluding carboxylic acids is 1. The molecule has 0 radical (unpaired) electrons. The van der Waals surface area contributed by atoms with Gasteiger partial charge in [-0.2, -0.15) is 0 Å². The van der Waals surface area contributed by atoms with Gasteiger partial charge in [-0.1, -0.05) is 18.2 Å². The van der Waals surface area contributed by atoms with Crippen molar-refractivity contribution in [2.75, 3.05) is 12.4 Å². The number of hydrogen-bond donors (Lipinski definition) is 2. The van der Waals surface area contributed by atoms with Gasteiger partial charge in [0.2, 0.25) is 10.0 Å². The second-order valence-electron chi connectivity index (χ2n) is 7.27. The Balaban J connectivity index is 1.73. The Morgan fingerprint density at radius 1 is 1.17 bits per heavy atom. The third-order valence-electron chi connectivity index (χ3n) is 5.46. The summed E-state index contributed by atoms with van der Waals surface area (Å²) in [4.78, 5) is 11.4. The highest BCUT2D eigenvalue weighted by Crippen LogP contribution is 2.50. The molecule has 1 heterocycles. The van der Waals surface area contributed by atoms with Crippen LogP contribution in [0.5, 0.6) is 11.5 Å². The minimum Gasteiger partial charge on any atom is -0.493 e. The van der Waals surface area contributed by atoms with Crippen LogP contribution in [0.25, 0.3) is 0 Å². The first-order chi connectivity index (χ1) is 13.8. The van der Waals surface area contributed by atoms with E-state index >= 15 is 0 Å². The zero-order valence-corrected chi connectivity index (χ0v) is 16.9. The molecule has 3 N–H and O–H groups in total. The first-order valence-electron chi connectivity index (χ1n) is 9.24. The van der Waals surface area contributed by atoms with Gasteiger partial charge in [-0.3, -0.25) is 4.79 Å². The Labute approximate surface area is 169 Å². The molecule has 8 heteroatoms. The van der Waals surface area contributed by atoms with Crippen LogP contribution in [0.1, 0.15) is 36.4 Å². The fraction of sp³-hybridized carbons (Fsp3) is 0.286. The van der Waals surface area contributed by atoms with Gasteiger partial charge in [0.1, 0.15) is 0 Å². The summed E-state index contributed by atoms with van der Waals surface area (Å²) in [6.07, 6.45) is 5.09. The van der Waals surface area contributed by atoms with Gasteiger partial charge in [-0.25, -0.2) is 13.6 Å². The molecular weight excluding hydrogens is 392 g/mol. The van der Waals surface area contributed by atoms with Crippen molar-refractivity contribution in [2.45, 2.75) is 30.2 Å². The van der Waals surface area contributed by atoms with Crippen molar-refractivity contribution in [2.24, 2.45) is 11.1 Å². The highest BCUT2D eigenvalue weighted by Gasteiger charge is 2.38. The molecule has 2 aromatic carbocycles. The number of allylic oxidation sites excluding steroid dienone is 2. The number of ether oxygens (including phenoxy) is 2. The number of esters is 1. The van der Waals surface area contributed by atoms with Crippen LogP contribution in [0.3, 0.4) is 0 Å². The molecule has 4 rings (SSSR count). The molecule has 0 aromatic heterocycles. The smallest absolute Gasteiger partial charge is 0.308 e. The van der Waals surface area contributed by atoms with Crippen LogP contribution in [0, 0.1) is 5.92 Å². The van der Waals surface area contributed by atoms with Crippen LogP contribution in [0.4, 0.5) is 5.69 Å². The number of anilines is 1. The van der Waals surface area contributed by atoms with Crippen LogP contribution in [0.15, 0.2) is 53.4 Å². The summed E-state index contributed by atoms with van der Waals surface area (Å²) in [6.45, 7) is 1.34. The van der Waals surface area contributed by atoms with E-state index in [1.165, 1.54) is 20.1 Å². The van der Waals surface area contributed by atoms with Crippen molar-refractivity contribution in [1.29, 1.82) is 0 Å². The van der Waals surface area contributed by atoms with E-state index in [-0.39, 0.29) is 22.8 Å². The van der Waals surface area contributed by atoms with Crippen LogP contribution in [-0.2, 0) is 14.8 Å². The molecule has 1 aliphatic heterocycles. The summed E-state index contributed by atoms with van der Waals surface area (Å²) in [7, 11) is -2.23. The number of rotatable bonds is 4. The average Bonchev–Trinajstić information content (AvgIpc) is 3.16. The normalized spacial score (nSPS) is 22.4. The van der Waals surface area contributed by atoms with Crippen molar-refractivity contribution < 1.29 is 22.7 Å². The number of nitrogens with two attached hydrogens (primary N) is 1. The number of methoxy groups -OCH3 is 1. The molecule has 0 saturated heterocycles. The Morgan fingerprint density at radius 3 is 2.66 bits per heavy atom. The van der Waals surface area contributed by atoms with Gasteiger partial charge >= 0.3 is 5.97 Å². The lowest BCUT2D eigenvalue weighted by molar-refractivity contribution is -0.132. The molecule has 0 spiro atoms. The van der Waals surface area contributed by atoms with Crippen LogP contribution in [-0.4, -0.2) is 21.5 Å². The molecule has 7 nitrogen and oxygen atoms in total. The fourth-order valence-electron chi connectivity index (χ4n) is 4.20. The van der Waals surface area contributed by atoms with Gasteiger partial charge in [0.15, 0.2) is 11.5 Å². The second kappa shape index (κ2) is 7.20. The highest BCUT2D eigenvalue weighted by molar-refractivity contribution is 7.89. The first-order valence-corrected chi connectivity index (χ1v) is 10.8. The molecule has 2 aromatic rings. The van der Waals surface area contributed by atoms with E-state index in [9.17, 15) is 13.2 Å². The quantitative estimate of drug-likeness (QED) is 0.452. The van der Waals surface area contributed by atoms with Crippen molar-refractivity contribution in [3.8, 4) is 11.5 Å². The van der Waals surface area contributed by atoms with Crippen molar-refractivity contribution >= 4 is 21.7 Å². The fourth-order valence-corrected chi connectivity index (χ4v) is 4.75. The van der Waals surface area contributed by atoms with Crippen LogP contribution in [0.2, 0.25) is 0 Å². The zero-order valence-electron chi connectivity index (χ0n) is 16.1. The predicted molar refractivity (Wildman–Crippen MR) is 108 cm³/mol. The number of hydrogen-bond acceptors (Lipinski definition) is 6. The molecule has 0 bridgehead atoms. The Kier molecular flexibility index (Phi) is 4.84. The van der Waals surface area contributed by atoms with Crippen molar-refractivity contribution in [1.82, 2.24) is 0 Å². The van der Waals surface area contributed by atoms with E-state index in [2.05, 4.69) is 17.5 Å². The molecule has 29 heavy (non-hydrogen) atoms. The maximum atomic E-state index is 11.8. The monoisotopic (exact) mass is 414 g/mol. The maximum Gasteiger partial charge on any atom is 0.308 e. The number of fused-ring (bicyclic) bond motifs is 3. The maximum absolute atomic E-state index is 11.8. The van der Waals surface area contributed by atoms with Crippen LogP contribution < -0.4 is 19.9 Å². The summed E-state index contributed by atoms with van der Waals surface area (Å²) in [6, 6.07) is 10.4. The molecular formula is C21H22N2O5S. The second-order valence-corrected chi connectivity index (χ2v) is 8.83. The highest BCUT2D eigenvalue weighted by atomic mass is 32.2. The lowest BCUT2D eigenvalue weighted by Gasteiger charge is -2.37. The van der Waals surface area contributed by atoms with Crippen molar-refractivity contribution in [3.63, 3.8) is 0 Å². The van der Waals surface area contributed by atoms with Crippen molar-refractivity contribution in [3.05, 3.63) is 59.7 Å².